The van der Waals surface area contributed by atoms with E-state index in [9.17, 15) is 9.59 Å². The van der Waals surface area contributed by atoms with Crippen molar-refractivity contribution < 1.29 is 14.3 Å². The summed E-state index contributed by atoms with van der Waals surface area (Å²) < 4.78 is 5.98. The van der Waals surface area contributed by atoms with E-state index in [-0.39, 0.29) is 42.9 Å². The van der Waals surface area contributed by atoms with Gasteiger partial charge < -0.3 is 15.4 Å². The summed E-state index contributed by atoms with van der Waals surface area (Å²) in [7, 11) is 0. The van der Waals surface area contributed by atoms with Crippen molar-refractivity contribution in [3.8, 4) is 0 Å². The van der Waals surface area contributed by atoms with E-state index >= 15 is 0 Å². The number of rotatable bonds is 10. The highest BCUT2D eigenvalue weighted by Gasteiger charge is 2.30. The number of nitrogens with one attached hydrogen (secondary N) is 3. The van der Waals surface area contributed by atoms with Gasteiger partial charge in [-0.2, -0.15) is 0 Å². The van der Waals surface area contributed by atoms with Gasteiger partial charge in [-0.25, -0.2) is 0 Å². The predicted octanol–water partition coefficient (Wildman–Crippen LogP) is 2.93. The third-order valence-corrected chi connectivity index (χ3v) is 8.15. The maximum absolute atomic E-state index is 13.2. The molecule has 0 aromatic heterocycles. The molecule has 9 heteroatoms. The van der Waals surface area contributed by atoms with Crippen molar-refractivity contribution in [2.45, 2.75) is 69.6 Å². The predicted molar refractivity (Wildman–Crippen MR) is 144 cm³/mol. The monoisotopic (exact) mass is 524 g/mol. The van der Waals surface area contributed by atoms with Crippen molar-refractivity contribution in [3.63, 3.8) is 0 Å². The number of likely N-dealkylation sites (tertiary alicyclic amines) is 1. The van der Waals surface area contributed by atoms with E-state index in [1.54, 1.807) is 11.8 Å². The average Bonchev–Trinajstić information content (AvgIpc) is 3.41. The summed E-state index contributed by atoms with van der Waals surface area (Å²) >= 11 is 1.70. The van der Waals surface area contributed by atoms with Gasteiger partial charge in [-0.1, -0.05) is 49.6 Å². The fourth-order valence-corrected chi connectivity index (χ4v) is 6.05. The number of halogens is 1. The number of piperidine rings is 1. The Morgan fingerprint density at radius 1 is 1.09 bits per heavy atom. The molecule has 2 amide bonds. The number of ether oxygens (including phenoxy) is 1. The van der Waals surface area contributed by atoms with Crippen molar-refractivity contribution in [1.29, 1.82) is 0 Å². The molecule has 0 bridgehead atoms. The van der Waals surface area contributed by atoms with Gasteiger partial charge in [0.25, 0.3) is 0 Å². The third-order valence-electron chi connectivity index (χ3n) is 7.21. The van der Waals surface area contributed by atoms with E-state index < -0.39 is 6.04 Å². The van der Waals surface area contributed by atoms with Crippen molar-refractivity contribution in [3.05, 3.63) is 35.9 Å². The molecule has 2 aliphatic heterocycles. The number of hydrogen-bond acceptors (Lipinski definition) is 6. The van der Waals surface area contributed by atoms with Gasteiger partial charge in [0, 0.05) is 43.9 Å². The summed E-state index contributed by atoms with van der Waals surface area (Å²) in [5.41, 5.74) is 1.32. The summed E-state index contributed by atoms with van der Waals surface area (Å²) in [6.45, 7) is 3.77. The second kappa shape index (κ2) is 15.1. The molecular formula is C26H41ClN4O3S. The van der Waals surface area contributed by atoms with E-state index in [0.29, 0.717) is 12.5 Å². The molecule has 3 fully saturated rings. The normalized spacial score (nSPS) is 22.8. The Hall–Kier alpha value is -1.32. The third kappa shape index (κ3) is 9.25. The lowest BCUT2D eigenvalue weighted by Crippen LogP contribution is -2.56. The molecule has 2 atom stereocenters. The Kier molecular flexibility index (Phi) is 12.2. The van der Waals surface area contributed by atoms with Gasteiger partial charge in [-0.3, -0.25) is 19.8 Å². The largest absolute Gasteiger partial charge is 0.378 e. The van der Waals surface area contributed by atoms with Gasteiger partial charge in [0.05, 0.1) is 12.6 Å². The highest BCUT2D eigenvalue weighted by molar-refractivity contribution is 7.99. The van der Waals surface area contributed by atoms with Crippen LogP contribution in [-0.4, -0.2) is 72.8 Å². The van der Waals surface area contributed by atoms with Crippen LogP contribution in [0, 0.1) is 5.92 Å². The van der Waals surface area contributed by atoms with Crippen LogP contribution in [0.15, 0.2) is 30.3 Å². The molecule has 2 saturated heterocycles. The second-order valence-corrected chi connectivity index (χ2v) is 10.9. The minimum Gasteiger partial charge on any atom is -0.378 e. The summed E-state index contributed by atoms with van der Waals surface area (Å²) in [5.74, 6) is 1.86. The quantitative estimate of drug-likeness (QED) is 0.436. The average molecular weight is 525 g/mol. The van der Waals surface area contributed by atoms with Crippen molar-refractivity contribution >= 4 is 36.0 Å². The van der Waals surface area contributed by atoms with Gasteiger partial charge >= 0.3 is 0 Å². The minimum absolute atomic E-state index is 0. The van der Waals surface area contributed by atoms with Crippen LogP contribution in [-0.2, 0) is 20.9 Å². The van der Waals surface area contributed by atoms with Crippen molar-refractivity contribution in [2.75, 3.05) is 37.9 Å². The lowest BCUT2D eigenvalue weighted by Gasteiger charge is -2.33. The number of benzene rings is 1. The standard InChI is InChI=1S/C26H40N4O3S.ClH/c31-25(28-22-11-13-30(14-12-22)15-20-7-3-1-4-8-20)23(29-26(32)24-18-34-19-27-24)17-33-16-21-9-5-2-6-10-21;/h1,3-4,7-8,21-24,27H,2,5-6,9-19H2,(H,28,31)(H,29,32);1H/t23-,24-;/m0./s1. The van der Waals surface area contributed by atoms with Crippen LogP contribution in [0.1, 0.15) is 50.5 Å². The number of nitrogens with zero attached hydrogens (tertiary/aromatic N) is 1. The molecule has 1 aromatic rings. The molecule has 0 radical (unpaired) electrons. The lowest BCUT2D eigenvalue weighted by molar-refractivity contribution is -0.132. The molecule has 4 rings (SSSR count). The van der Waals surface area contributed by atoms with Crippen LogP contribution in [0.3, 0.4) is 0 Å². The van der Waals surface area contributed by atoms with Gasteiger partial charge in [-0.15, -0.1) is 24.2 Å². The van der Waals surface area contributed by atoms with Gasteiger partial charge in [0.15, 0.2) is 0 Å². The molecule has 0 spiro atoms. The Morgan fingerprint density at radius 2 is 1.83 bits per heavy atom. The van der Waals surface area contributed by atoms with Crippen molar-refractivity contribution in [1.82, 2.24) is 20.9 Å². The number of hydrogen-bond donors (Lipinski definition) is 3. The van der Waals surface area contributed by atoms with Gasteiger partial charge in [0.1, 0.15) is 6.04 Å². The van der Waals surface area contributed by atoms with E-state index in [1.807, 2.05) is 6.07 Å². The topological polar surface area (TPSA) is 82.7 Å². The Balaban J connectivity index is 0.00000342. The zero-order chi connectivity index (χ0) is 23.6. The van der Waals surface area contributed by atoms with Crippen LogP contribution in [0.25, 0.3) is 0 Å². The first-order valence-electron chi connectivity index (χ1n) is 12.9. The Labute approximate surface area is 220 Å². The molecule has 7 nitrogen and oxygen atoms in total. The summed E-state index contributed by atoms with van der Waals surface area (Å²) in [5, 5.41) is 9.35. The maximum atomic E-state index is 13.2. The molecule has 35 heavy (non-hydrogen) atoms. The highest BCUT2D eigenvalue weighted by Crippen LogP contribution is 2.23. The zero-order valence-corrected chi connectivity index (χ0v) is 22.2. The lowest BCUT2D eigenvalue weighted by atomic mass is 9.90. The molecule has 196 valence electrons. The molecule has 1 aromatic carbocycles. The van der Waals surface area contributed by atoms with Gasteiger partial charge in [0.2, 0.25) is 11.8 Å². The zero-order valence-electron chi connectivity index (χ0n) is 20.6. The first kappa shape index (κ1) is 28.3. The molecule has 3 aliphatic rings. The molecule has 1 saturated carbocycles. The summed E-state index contributed by atoms with van der Waals surface area (Å²) in [6, 6.07) is 9.77. The van der Waals surface area contributed by atoms with Crippen molar-refractivity contribution in [2.24, 2.45) is 5.92 Å². The highest BCUT2D eigenvalue weighted by atomic mass is 35.5. The van der Waals surface area contributed by atoms with Crippen LogP contribution >= 0.6 is 24.2 Å². The summed E-state index contributed by atoms with van der Waals surface area (Å²) in [6.07, 6.45) is 8.09. The minimum atomic E-state index is -0.647. The molecule has 3 N–H and O–H groups in total. The first-order chi connectivity index (χ1) is 16.7. The van der Waals surface area contributed by atoms with E-state index in [0.717, 1.165) is 44.1 Å². The van der Waals surface area contributed by atoms with Crippen LogP contribution in [0.5, 0.6) is 0 Å². The molecule has 0 unspecified atom stereocenters. The van der Waals surface area contributed by atoms with Crippen LogP contribution in [0.4, 0.5) is 0 Å². The molecule has 2 heterocycles. The SMILES string of the molecule is Cl.O=C(N[C@@H](COCC1CCCCC1)C(=O)NC1CCN(Cc2ccccc2)CC1)[C@@H]1CSCN1. The molecular weight excluding hydrogens is 484 g/mol. The Bertz CT molecular complexity index is 767. The van der Waals surface area contributed by atoms with E-state index in [2.05, 4.69) is 45.1 Å². The van der Waals surface area contributed by atoms with Crippen LogP contribution < -0.4 is 16.0 Å². The first-order valence-corrected chi connectivity index (χ1v) is 14.1. The fraction of sp³-hybridized carbons (Fsp3) is 0.692. The van der Waals surface area contributed by atoms with E-state index in [4.69, 9.17) is 4.74 Å². The number of carbonyl (C=O) groups excluding carboxylic acids is 2. The van der Waals surface area contributed by atoms with Crippen LogP contribution in [0.2, 0.25) is 0 Å². The molecule has 1 aliphatic carbocycles. The number of amides is 2. The van der Waals surface area contributed by atoms with Gasteiger partial charge in [-0.05, 0) is 37.2 Å². The smallest absolute Gasteiger partial charge is 0.245 e. The number of thioether (sulfide) groups is 1. The maximum Gasteiger partial charge on any atom is 0.245 e. The second-order valence-electron chi connectivity index (χ2n) is 9.92. The van der Waals surface area contributed by atoms with E-state index in [1.165, 1.54) is 37.7 Å². The summed E-state index contributed by atoms with van der Waals surface area (Å²) in [4.78, 5) is 28.3. The fourth-order valence-electron chi connectivity index (χ4n) is 5.10. The Morgan fingerprint density at radius 3 is 2.51 bits per heavy atom. The number of carbonyl (C=O) groups is 2.